The molecule has 1 aromatic heterocycles. The van der Waals surface area contributed by atoms with Crippen molar-refractivity contribution in [1.82, 2.24) is 14.8 Å². The van der Waals surface area contributed by atoms with E-state index in [1.165, 1.54) is 18.9 Å². The molecule has 1 saturated heterocycles. The molecule has 0 amide bonds. The molecule has 7 heteroatoms. The van der Waals surface area contributed by atoms with E-state index in [-0.39, 0.29) is 11.1 Å². The molecule has 2 aromatic rings. The Morgan fingerprint density at radius 2 is 2.04 bits per heavy atom. The van der Waals surface area contributed by atoms with E-state index in [9.17, 15) is 4.39 Å². The van der Waals surface area contributed by atoms with Crippen molar-refractivity contribution in [2.24, 2.45) is 0 Å². The molecule has 0 spiro atoms. The maximum Gasteiger partial charge on any atom is 0.228 e. The zero-order chi connectivity index (χ0) is 16.5. The van der Waals surface area contributed by atoms with Crippen molar-refractivity contribution in [1.29, 1.82) is 0 Å². The van der Waals surface area contributed by atoms with Crippen molar-refractivity contribution in [2.75, 3.05) is 31.2 Å². The SMILES string of the molecule is CC(Sc1nnc(N2CCOCC2)n1C1CC1)c1cccc(F)c1. The molecular formula is C17H21FN4OS. The van der Waals surface area contributed by atoms with Gasteiger partial charge in [0.2, 0.25) is 5.95 Å². The summed E-state index contributed by atoms with van der Waals surface area (Å²) < 4.78 is 21.2. The van der Waals surface area contributed by atoms with Gasteiger partial charge in [-0.05, 0) is 37.5 Å². The molecule has 1 aliphatic heterocycles. The molecule has 4 rings (SSSR count). The van der Waals surface area contributed by atoms with Crippen molar-refractivity contribution in [3.63, 3.8) is 0 Å². The molecule has 128 valence electrons. The second-order valence-corrected chi connectivity index (χ2v) is 7.61. The number of thioether (sulfide) groups is 1. The Labute approximate surface area is 145 Å². The Kier molecular flexibility index (Phi) is 4.45. The van der Waals surface area contributed by atoms with Crippen molar-refractivity contribution >= 4 is 17.7 Å². The van der Waals surface area contributed by atoms with Crippen LogP contribution in [0.3, 0.4) is 0 Å². The second kappa shape index (κ2) is 6.72. The molecule has 2 aliphatic rings. The number of ether oxygens (including phenoxy) is 1. The van der Waals surface area contributed by atoms with Crippen LogP contribution in [0.25, 0.3) is 0 Å². The van der Waals surface area contributed by atoms with E-state index in [0.29, 0.717) is 6.04 Å². The molecule has 1 atom stereocenters. The third kappa shape index (κ3) is 3.28. The van der Waals surface area contributed by atoms with Crippen LogP contribution in [0.4, 0.5) is 10.3 Å². The Hall–Kier alpha value is -1.60. The van der Waals surface area contributed by atoms with Gasteiger partial charge < -0.3 is 9.64 Å². The summed E-state index contributed by atoms with van der Waals surface area (Å²) in [5, 5.41) is 9.95. The third-order valence-corrected chi connectivity index (χ3v) is 5.57. The fourth-order valence-electron chi connectivity index (χ4n) is 2.97. The van der Waals surface area contributed by atoms with Gasteiger partial charge in [-0.15, -0.1) is 10.2 Å². The van der Waals surface area contributed by atoms with E-state index in [0.717, 1.165) is 43.0 Å². The number of halogens is 1. The molecule has 1 saturated carbocycles. The quantitative estimate of drug-likeness (QED) is 0.775. The maximum atomic E-state index is 13.5. The highest BCUT2D eigenvalue weighted by atomic mass is 32.2. The van der Waals surface area contributed by atoms with E-state index < -0.39 is 0 Å². The van der Waals surface area contributed by atoms with Gasteiger partial charge in [-0.25, -0.2) is 4.39 Å². The van der Waals surface area contributed by atoms with Crippen LogP contribution in [-0.2, 0) is 4.74 Å². The minimum atomic E-state index is -0.197. The number of anilines is 1. The number of aromatic nitrogens is 3. The number of hydrogen-bond acceptors (Lipinski definition) is 5. The molecule has 2 heterocycles. The summed E-state index contributed by atoms with van der Waals surface area (Å²) in [5.41, 5.74) is 0.971. The van der Waals surface area contributed by atoms with Crippen LogP contribution in [0.5, 0.6) is 0 Å². The molecule has 0 N–H and O–H groups in total. The van der Waals surface area contributed by atoms with Crippen molar-refractivity contribution in [3.8, 4) is 0 Å². The highest BCUT2D eigenvalue weighted by Crippen LogP contribution is 2.43. The van der Waals surface area contributed by atoms with Crippen LogP contribution in [0.2, 0.25) is 0 Å². The van der Waals surface area contributed by atoms with Crippen LogP contribution in [0, 0.1) is 5.82 Å². The third-order valence-electron chi connectivity index (χ3n) is 4.45. The van der Waals surface area contributed by atoms with Crippen molar-refractivity contribution < 1.29 is 9.13 Å². The zero-order valence-corrected chi connectivity index (χ0v) is 14.5. The summed E-state index contributed by atoms with van der Waals surface area (Å²) >= 11 is 1.65. The lowest BCUT2D eigenvalue weighted by atomic mass is 10.2. The predicted octanol–water partition coefficient (Wildman–Crippen LogP) is 3.44. The van der Waals surface area contributed by atoms with Gasteiger partial charge in [0.25, 0.3) is 0 Å². The average molecular weight is 348 g/mol. The molecule has 1 aliphatic carbocycles. The van der Waals surface area contributed by atoms with E-state index in [2.05, 4.69) is 26.6 Å². The molecular weight excluding hydrogens is 327 g/mol. The van der Waals surface area contributed by atoms with Gasteiger partial charge in [0.1, 0.15) is 5.82 Å². The lowest BCUT2D eigenvalue weighted by Gasteiger charge is -2.28. The summed E-state index contributed by atoms with van der Waals surface area (Å²) in [5.74, 6) is 0.757. The predicted molar refractivity (Wildman–Crippen MR) is 92.0 cm³/mol. The number of rotatable bonds is 5. The summed E-state index contributed by atoms with van der Waals surface area (Å²) in [6.07, 6.45) is 2.36. The molecule has 0 bridgehead atoms. The average Bonchev–Trinajstić information content (AvgIpc) is 3.36. The van der Waals surface area contributed by atoms with Crippen LogP contribution in [-0.4, -0.2) is 41.1 Å². The monoisotopic (exact) mass is 348 g/mol. The smallest absolute Gasteiger partial charge is 0.228 e. The van der Waals surface area contributed by atoms with Gasteiger partial charge in [0.05, 0.1) is 13.2 Å². The molecule has 24 heavy (non-hydrogen) atoms. The van der Waals surface area contributed by atoms with Crippen LogP contribution < -0.4 is 4.90 Å². The van der Waals surface area contributed by atoms with Crippen LogP contribution >= 0.6 is 11.8 Å². The molecule has 5 nitrogen and oxygen atoms in total. The van der Waals surface area contributed by atoms with E-state index in [1.807, 2.05) is 6.07 Å². The first-order chi connectivity index (χ1) is 11.7. The van der Waals surface area contributed by atoms with Crippen LogP contribution in [0.15, 0.2) is 29.4 Å². The Morgan fingerprint density at radius 3 is 2.75 bits per heavy atom. The number of morpholine rings is 1. The van der Waals surface area contributed by atoms with Gasteiger partial charge >= 0.3 is 0 Å². The topological polar surface area (TPSA) is 43.2 Å². The summed E-state index contributed by atoms with van der Waals surface area (Å²) in [7, 11) is 0. The fourth-order valence-corrected chi connectivity index (χ4v) is 4.00. The Balaban J connectivity index is 1.57. The number of hydrogen-bond donors (Lipinski definition) is 0. The van der Waals surface area contributed by atoms with E-state index >= 15 is 0 Å². The second-order valence-electron chi connectivity index (χ2n) is 6.30. The van der Waals surface area contributed by atoms with Crippen molar-refractivity contribution in [2.45, 2.75) is 36.2 Å². The van der Waals surface area contributed by atoms with Gasteiger partial charge in [-0.1, -0.05) is 23.9 Å². The summed E-state index contributed by atoms with van der Waals surface area (Å²) in [4.78, 5) is 2.26. The minimum Gasteiger partial charge on any atom is -0.378 e. The highest BCUT2D eigenvalue weighted by Gasteiger charge is 2.32. The molecule has 0 radical (unpaired) electrons. The Morgan fingerprint density at radius 1 is 1.25 bits per heavy atom. The largest absolute Gasteiger partial charge is 0.378 e. The lowest BCUT2D eigenvalue weighted by molar-refractivity contribution is 0.121. The number of nitrogens with zero attached hydrogens (tertiary/aromatic N) is 4. The molecule has 2 fully saturated rings. The first-order valence-electron chi connectivity index (χ1n) is 8.42. The summed E-state index contributed by atoms with van der Waals surface area (Å²) in [6, 6.07) is 7.29. The zero-order valence-electron chi connectivity index (χ0n) is 13.7. The Bertz CT molecular complexity index is 712. The van der Waals surface area contributed by atoms with Gasteiger partial charge in [-0.2, -0.15) is 0 Å². The normalized spacial score (nSPS) is 19.5. The molecule has 1 unspecified atom stereocenters. The van der Waals surface area contributed by atoms with Gasteiger partial charge in [0.15, 0.2) is 5.16 Å². The minimum absolute atomic E-state index is 0.125. The van der Waals surface area contributed by atoms with E-state index in [4.69, 9.17) is 4.74 Å². The first kappa shape index (κ1) is 15.9. The molecule has 1 aromatic carbocycles. The summed E-state index contributed by atoms with van der Waals surface area (Å²) in [6.45, 7) is 5.27. The maximum absolute atomic E-state index is 13.5. The highest BCUT2D eigenvalue weighted by molar-refractivity contribution is 7.99. The first-order valence-corrected chi connectivity index (χ1v) is 9.30. The van der Waals surface area contributed by atoms with E-state index in [1.54, 1.807) is 23.9 Å². The van der Waals surface area contributed by atoms with Crippen molar-refractivity contribution in [3.05, 3.63) is 35.6 Å². The standard InChI is InChI=1S/C17H21FN4OS/c1-12(13-3-2-4-14(18)11-13)24-17-20-19-16(22(17)15-5-6-15)21-7-9-23-10-8-21/h2-4,11-12,15H,5-10H2,1H3. The van der Waals surface area contributed by atoms with Crippen LogP contribution in [0.1, 0.15) is 36.6 Å². The fraction of sp³-hybridized carbons (Fsp3) is 0.529. The lowest BCUT2D eigenvalue weighted by Crippen LogP contribution is -2.38. The number of benzene rings is 1. The van der Waals surface area contributed by atoms with Gasteiger partial charge in [0, 0.05) is 24.4 Å². The van der Waals surface area contributed by atoms with Gasteiger partial charge in [-0.3, -0.25) is 4.57 Å².